The third kappa shape index (κ3) is 3.55. The van der Waals surface area contributed by atoms with Crippen LogP contribution < -0.4 is 10.7 Å². The molecule has 6 heteroatoms. The van der Waals surface area contributed by atoms with Crippen molar-refractivity contribution in [3.05, 3.63) is 69.4 Å². The number of rotatable bonds is 4. The summed E-state index contributed by atoms with van der Waals surface area (Å²) in [6.07, 6.45) is 3.62. The van der Waals surface area contributed by atoms with Gasteiger partial charge in [0.15, 0.2) is 5.43 Å². The number of anilines is 1. The number of carbonyl (C=O) groups is 1. The molecule has 0 aliphatic carbocycles. The Morgan fingerprint density at radius 3 is 2.79 bits per heavy atom. The first-order valence-electron chi connectivity index (χ1n) is 7.30. The van der Waals surface area contributed by atoms with Crippen molar-refractivity contribution in [2.45, 2.75) is 11.4 Å². The highest BCUT2D eigenvalue weighted by Gasteiger charge is 2.09. The lowest BCUT2D eigenvalue weighted by Crippen LogP contribution is -2.20. The number of thioether (sulfide) groups is 1. The number of aromatic nitrogens is 1. The first-order chi connectivity index (χ1) is 11.6. The molecule has 3 rings (SSSR count). The maximum absolute atomic E-state index is 12.4. The SMILES string of the molecule is CSc1ccccc1NC(=O)Cn1ccc(=O)c2ccc(Br)cc21. The van der Waals surface area contributed by atoms with E-state index in [2.05, 4.69) is 21.2 Å². The number of nitrogens with zero attached hydrogens (tertiary/aromatic N) is 1. The molecule has 0 spiro atoms. The van der Waals surface area contributed by atoms with Crippen molar-refractivity contribution in [1.29, 1.82) is 0 Å². The number of fused-ring (bicyclic) bond motifs is 1. The molecule has 0 aliphatic rings. The van der Waals surface area contributed by atoms with Gasteiger partial charge in [-0.1, -0.05) is 28.1 Å². The summed E-state index contributed by atoms with van der Waals surface area (Å²) in [6.45, 7) is 0.135. The molecule has 0 aliphatic heterocycles. The summed E-state index contributed by atoms with van der Waals surface area (Å²) >= 11 is 4.99. The molecule has 4 nitrogen and oxygen atoms in total. The molecule has 1 heterocycles. The molecule has 1 N–H and O–H groups in total. The van der Waals surface area contributed by atoms with Crippen LogP contribution in [0.3, 0.4) is 0 Å². The van der Waals surface area contributed by atoms with Gasteiger partial charge < -0.3 is 9.88 Å². The predicted molar refractivity (Wildman–Crippen MR) is 103 cm³/mol. The minimum Gasteiger partial charge on any atom is -0.338 e. The summed E-state index contributed by atoms with van der Waals surface area (Å²) < 4.78 is 2.64. The van der Waals surface area contributed by atoms with Crippen LogP contribution >= 0.6 is 27.7 Å². The fourth-order valence-corrected chi connectivity index (χ4v) is 3.41. The minimum absolute atomic E-state index is 0.0538. The Bertz CT molecular complexity index is 969. The molecule has 0 saturated carbocycles. The summed E-state index contributed by atoms with van der Waals surface area (Å²) in [5.74, 6) is -0.138. The van der Waals surface area contributed by atoms with E-state index in [1.165, 1.54) is 6.07 Å². The van der Waals surface area contributed by atoms with E-state index in [9.17, 15) is 9.59 Å². The third-order valence-electron chi connectivity index (χ3n) is 3.64. The number of amides is 1. The summed E-state index contributed by atoms with van der Waals surface area (Å²) in [7, 11) is 0. The van der Waals surface area contributed by atoms with Crippen LogP contribution in [0.15, 0.2) is 68.9 Å². The highest BCUT2D eigenvalue weighted by atomic mass is 79.9. The number of pyridine rings is 1. The maximum Gasteiger partial charge on any atom is 0.244 e. The van der Waals surface area contributed by atoms with Crippen LogP contribution in [0.4, 0.5) is 5.69 Å². The van der Waals surface area contributed by atoms with Crippen LogP contribution in [0.1, 0.15) is 0 Å². The van der Waals surface area contributed by atoms with Gasteiger partial charge in [-0.3, -0.25) is 9.59 Å². The summed E-state index contributed by atoms with van der Waals surface area (Å²) in [5.41, 5.74) is 1.47. The van der Waals surface area contributed by atoms with E-state index in [1.807, 2.05) is 42.7 Å². The van der Waals surface area contributed by atoms with Crippen molar-refractivity contribution >= 4 is 50.2 Å². The lowest BCUT2D eigenvalue weighted by atomic mass is 10.2. The lowest BCUT2D eigenvalue weighted by molar-refractivity contribution is -0.116. The second-order valence-corrected chi connectivity index (χ2v) is 6.98. The first-order valence-corrected chi connectivity index (χ1v) is 9.32. The van der Waals surface area contributed by atoms with E-state index < -0.39 is 0 Å². The van der Waals surface area contributed by atoms with Gasteiger partial charge in [-0.15, -0.1) is 11.8 Å². The Balaban J connectivity index is 1.90. The van der Waals surface area contributed by atoms with Gasteiger partial charge in [0, 0.05) is 27.0 Å². The molecule has 122 valence electrons. The number of hydrogen-bond donors (Lipinski definition) is 1. The quantitative estimate of drug-likeness (QED) is 0.667. The molecule has 2 aromatic carbocycles. The van der Waals surface area contributed by atoms with Gasteiger partial charge in [-0.2, -0.15) is 0 Å². The van der Waals surface area contributed by atoms with Crippen LogP contribution in [0.5, 0.6) is 0 Å². The van der Waals surface area contributed by atoms with Gasteiger partial charge in [0.25, 0.3) is 0 Å². The largest absolute Gasteiger partial charge is 0.338 e. The monoisotopic (exact) mass is 402 g/mol. The number of hydrogen-bond acceptors (Lipinski definition) is 3. The fraction of sp³-hybridized carbons (Fsp3) is 0.111. The van der Waals surface area contributed by atoms with Gasteiger partial charge in [0.05, 0.1) is 11.2 Å². The summed E-state index contributed by atoms with van der Waals surface area (Å²) in [6, 6.07) is 14.6. The van der Waals surface area contributed by atoms with Gasteiger partial charge >= 0.3 is 0 Å². The Morgan fingerprint density at radius 2 is 2.00 bits per heavy atom. The van der Waals surface area contributed by atoms with E-state index in [4.69, 9.17) is 0 Å². The number of benzene rings is 2. The van der Waals surface area contributed by atoms with Crippen molar-refractivity contribution in [3.8, 4) is 0 Å². The minimum atomic E-state index is -0.138. The number of para-hydroxylation sites is 1. The highest BCUT2D eigenvalue weighted by Crippen LogP contribution is 2.24. The van der Waals surface area contributed by atoms with Crippen molar-refractivity contribution < 1.29 is 4.79 Å². The fourth-order valence-electron chi connectivity index (χ4n) is 2.51. The number of halogens is 1. The number of carbonyl (C=O) groups excluding carboxylic acids is 1. The zero-order valence-corrected chi connectivity index (χ0v) is 15.4. The molecule has 1 amide bonds. The predicted octanol–water partition coefficient (Wildman–Crippen LogP) is 4.12. The normalized spacial score (nSPS) is 10.8. The topological polar surface area (TPSA) is 51.1 Å². The lowest BCUT2D eigenvalue weighted by Gasteiger charge is -2.13. The highest BCUT2D eigenvalue weighted by molar-refractivity contribution is 9.10. The molecule has 0 unspecified atom stereocenters. The molecular weight excluding hydrogens is 388 g/mol. The van der Waals surface area contributed by atoms with E-state index in [1.54, 1.807) is 28.6 Å². The molecular formula is C18H15BrN2O2S. The van der Waals surface area contributed by atoms with Gasteiger partial charge in [-0.05, 0) is 36.6 Å². The van der Waals surface area contributed by atoms with E-state index in [0.717, 1.165) is 20.6 Å². The molecule has 3 aromatic rings. The first kappa shape index (κ1) is 16.8. The van der Waals surface area contributed by atoms with Crippen molar-refractivity contribution in [2.24, 2.45) is 0 Å². The molecule has 0 bridgehead atoms. The van der Waals surface area contributed by atoms with E-state index in [0.29, 0.717) is 5.39 Å². The Hall–Kier alpha value is -2.05. The van der Waals surface area contributed by atoms with E-state index >= 15 is 0 Å². The average molecular weight is 403 g/mol. The number of nitrogens with one attached hydrogen (secondary N) is 1. The van der Waals surface area contributed by atoms with Gasteiger partial charge in [0.1, 0.15) is 6.54 Å². The summed E-state index contributed by atoms with van der Waals surface area (Å²) in [4.78, 5) is 25.4. The zero-order valence-electron chi connectivity index (χ0n) is 13.0. The maximum atomic E-state index is 12.4. The van der Waals surface area contributed by atoms with Crippen LogP contribution in [-0.2, 0) is 11.3 Å². The van der Waals surface area contributed by atoms with Crippen molar-refractivity contribution in [3.63, 3.8) is 0 Å². The molecule has 0 atom stereocenters. The smallest absolute Gasteiger partial charge is 0.244 e. The Labute approximate surface area is 152 Å². The van der Waals surface area contributed by atoms with Crippen molar-refractivity contribution in [1.82, 2.24) is 4.57 Å². The standard InChI is InChI=1S/C18H15BrN2O2S/c1-24-17-5-3-2-4-14(17)20-18(23)11-21-9-8-16(22)13-7-6-12(19)10-15(13)21/h2-10H,11H2,1H3,(H,20,23). The molecule has 24 heavy (non-hydrogen) atoms. The zero-order chi connectivity index (χ0) is 17.1. The average Bonchev–Trinajstić information content (AvgIpc) is 2.58. The summed E-state index contributed by atoms with van der Waals surface area (Å²) in [5, 5.41) is 3.53. The second-order valence-electron chi connectivity index (χ2n) is 5.22. The van der Waals surface area contributed by atoms with Crippen LogP contribution in [0.25, 0.3) is 10.9 Å². The third-order valence-corrected chi connectivity index (χ3v) is 4.92. The molecule has 0 radical (unpaired) electrons. The second kappa shape index (κ2) is 7.23. The van der Waals surface area contributed by atoms with Gasteiger partial charge in [-0.25, -0.2) is 0 Å². The Morgan fingerprint density at radius 1 is 1.21 bits per heavy atom. The van der Waals surface area contributed by atoms with Gasteiger partial charge in [0.2, 0.25) is 5.91 Å². The van der Waals surface area contributed by atoms with Crippen LogP contribution in [0.2, 0.25) is 0 Å². The molecule has 0 saturated heterocycles. The molecule has 0 fully saturated rings. The van der Waals surface area contributed by atoms with Crippen molar-refractivity contribution in [2.75, 3.05) is 11.6 Å². The molecule has 1 aromatic heterocycles. The van der Waals surface area contributed by atoms with E-state index in [-0.39, 0.29) is 17.9 Å². The van der Waals surface area contributed by atoms with Crippen LogP contribution in [0, 0.1) is 0 Å². The van der Waals surface area contributed by atoms with Crippen LogP contribution in [-0.4, -0.2) is 16.7 Å². The Kier molecular flexibility index (Phi) is 5.06.